The maximum absolute atomic E-state index is 9.02. The Labute approximate surface area is 137 Å². The average molecular weight is 318 g/mol. The van der Waals surface area contributed by atoms with Crippen molar-refractivity contribution in [2.45, 2.75) is 71.3 Å². The highest BCUT2D eigenvalue weighted by Gasteiger charge is 2.00. The Hall–Kier alpha value is -0.420. The van der Waals surface area contributed by atoms with Gasteiger partial charge in [0.1, 0.15) is 6.10 Å². The van der Waals surface area contributed by atoms with E-state index >= 15 is 0 Å². The van der Waals surface area contributed by atoms with Gasteiger partial charge in [-0.1, -0.05) is 38.2 Å². The Kier molecular flexibility index (Phi) is 24.8. The van der Waals surface area contributed by atoms with E-state index in [0.29, 0.717) is 6.61 Å². The fraction of sp³-hybridized carbons (Fsp3) is 0.889. The Balaban J connectivity index is 0. The zero-order chi connectivity index (χ0) is 16.9. The van der Waals surface area contributed by atoms with Crippen LogP contribution in [0.2, 0.25) is 0 Å². The molecule has 4 heteroatoms. The van der Waals surface area contributed by atoms with Gasteiger partial charge in [0.05, 0.1) is 13.2 Å². The normalized spacial score (nSPS) is 11.6. The molecule has 0 spiro atoms. The SMILES string of the molecule is C=CCCCCCCCCCOCC(O)CO.CCOCC. The Morgan fingerprint density at radius 1 is 0.909 bits per heavy atom. The summed E-state index contributed by atoms with van der Waals surface area (Å²) in [6.07, 6.45) is 11.1. The molecule has 4 nitrogen and oxygen atoms in total. The summed E-state index contributed by atoms with van der Waals surface area (Å²) < 4.78 is 10.1. The zero-order valence-electron chi connectivity index (χ0n) is 14.8. The number of aliphatic hydroxyl groups is 2. The van der Waals surface area contributed by atoms with E-state index in [2.05, 4.69) is 6.58 Å². The summed E-state index contributed by atoms with van der Waals surface area (Å²) in [5.41, 5.74) is 0. The number of hydrogen-bond donors (Lipinski definition) is 2. The van der Waals surface area contributed by atoms with Gasteiger partial charge in [-0.25, -0.2) is 0 Å². The van der Waals surface area contributed by atoms with Gasteiger partial charge in [0.15, 0.2) is 0 Å². The van der Waals surface area contributed by atoms with Gasteiger partial charge in [0, 0.05) is 19.8 Å². The lowest BCUT2D eigenvalue weighted by atomic mass is 10.1. The van der Waals surface area contributed by atoms with Crippen LogP contribution in [0, 0.1) is 0 Å². The lowest BCUT2D eigenvalue weighted by molar-refractivity contribution is 0.00526. The van der Waals surface area contributed by atoms with Crippen LogP contribution in [0.3, 0.4) is 0 Å². The lowest BCUT2D eigenvalue weighted by Gasteiger charge is -2.07. The molecule has 0 saturated carbocycles. The summed E-state index contributed by atoms with van der Waals surface area (Å²) in [5, 5.41) is 17.6. The largest absolute Gasteiger partial charge is 0.394 e. The van der Waals surface area contributed by atoms with Crippen molar-refractivity contribution in [3.05, 3.63) is 12.7 Å². The fourth-order valence-corrected chi connectivity index (χ4v) is 1.85. The van der Waals surface area contributed by atoms with Gasteiger partial charge in [0.2, 0.25) is 0 Å². The van der Waals surface area contributed by atoms with Gasteiger partial charge >= 0.3 is 0 Å². The molecule has 0 rings (SSSR count). The predicted octanol–water partition coefficient (Wildman–Crippen LogP) is 3.71. The van der Waals surface area contributed by atoms with Gasteiger partial charge in [-0.15, -0.1) is 6.58 Å². The molecule has 0 fully saturated rings. The van der Waals surface area contributed by atoms with Crippen LogP contribution >= 0.6 is 0 Å². The highest BCUT2D eigenvalue weighted by Crippen LogP contribution is 2.08. The van der Waals surface area contributed by atoms with E-state index in [9.17, 15) is 0 Å². The molecule has 0 aliphatic heterocycles. The number of hydrogen-bond acceptors (Lipinski definition) is 4. The van der Waals surface area contributed by atoms with Crippen molar-refractivity contribution in [1.82, 2.24) is 0 Å². The van der Waals surface area contributed by atoms with E-state index < -0.39 is 6.10 Å². The summed E-state index contributed by atoms with van der Waals surface area (Å²) in [6, 6.07) is 0. The third-order valence-corrected chi connectivity index (χ3v) is 3.13. The monoisotopic (exact) mass is 318 g/mol. The molecule has 0 radical (unpaired) electrons. The molecule has 134 valence electrons. The van der Waals surface area contributed by atoms with Crippen molar-refractivity contribution >= 4 is 0 Å². The average Bonchev–Trinajstić information content (AvgIpc) is 2.53. The molecule has 0 heterocycles. The van der Waals surface area contributed by atoms with Crippen LogP contribution in [-0.4, -0.2) is 49.4 Å². The number of aliphatic hydroxyl groups excluding tert-OH is 2. The highest BCUT2D eigenvalue weighted by molar-refractivity contribution is 4.65. The molecule has 0 amide bonds. The van der Waals surface area contributed by atoms with Gasteiger partial charge < -0.3 is 19.7 Å². The number of allylic oxidation sites excluding steroid dienone is 1. The van der Waals surface area contributed by atoms with Crippen molar-refractivity contribution in [1.29, 1.82) is 0 Å². The van der Waals surface area contributed by atoms with Crippen LogP contribution in [0.4, 0.5) is 0 Å². The summed E-state index contributed by atoms with van der Waals surface area (Å²) in [7, 11) is 0. The molecule has 0 aliphatic carbocycles. The second-order valence-corrected chi connectivity index (χ2v) is 5.25. The van der Waals surface area contributed by atoms with Crippen molar-refractivity contribution < 1.29 is 19.7 Å². The van der Waals surface area contributed by atoms with E-state index in [0.717, 1.165) is 26.1 Å². The van der Waals surface area contributed by atoms with E-state index in [4.69, 9.17) is 19.7 Å². The number of rotatable bonds is 15. The lowest BCUT2D eigenvalue weighted by Crippen LogP contribution is -2.19. The van der Waals surface area contributed by atoms with Gasteiger partial charge in [-0.2, -0.15) is 0 Å². The summed E-state index contributed by atoms with van der Waals surface area (Å²) >= 11 is 0. The first-order chi connectivity index (χ1) is 10.7. The Morgan fingerprint density at radius 3 is 1.91 bits per heavy atom. The molecule has 0 bridgehead atoms. The smallest absolute Gasteiger partial charge is 0.100 e. The number of unbranched alkanes of at least 4 members (excludes halogenated alkanes) is 7. The third-order valence-electron chi connectivity index (χ3n) is 3.13. The Morgan fingerprint density at radius 2 is 1.45 bits per heavy atom. The first-order valence-electron chi connectivity index (χ1n) is 8.78. The molecule has 0 aromatic heterocycles. The quantitative estimate of drug-likeness (QED) is 0.357. The first-order valence-corrected chi connectivity index (χ1v) is 8.78. The van der Waals surface area contributed by atoms with Crippen LogP contribution in [0.1, 0.15) is 65.2 Å². The zero-order valence-corrected chi connectivity index (χ0v) is 14.8. The Bertz CT molecular complexity index is 196. The second-order valence-electron chi connectivity index (χ2n) is 5.25. The van der Waals surface area contributed by atoms with E-state index in [-0.39, 0.29) is 13.2 Å². The molecule has 22 heavy (non-hydrogen) atoms. The van der Waals surface area contributed by atoms with Crippen LogP contribution < -0.4 is 0 Å². The molecular weight excluding hydrogens is 280 g/mol. The molecular formula is C18H38O4. The first kappa shape index (κ1) is 23.8. The molecule has 1 unspecified atom stereocenters. The van der Waals surface area contributed by atoms with Crippen molar-refractivity contribution in [3.8, 4) is 0 Å². The summed E-state index contributed by atoms with van der Waals surface area (Å²) in [5.74, 6) is 0. The minimum Gasteiger partial charge on any atom is -0.394 e. The van der Waals surface area contributed by atoms with E-state index in [1.807, 2.05) is 19.9 Å². The van der Waals surface area contributed by atoms with Crippen molar-refractivity contribution in [3.63, 3.8) is 0 Å². The van der Waals surface area contributed by atoms with Gasteiger partial charge in [-0.3, -0.25) is 0 Å². The van der Waals surface area contributed by atoms with Crippen LogP contribution in [0.5, 0.6) is 0 Å². The van der Waals surface area contributed by atoms with Crippen LogP contribution in [0.15, 0.2) is 12.7 Å². The minimum absolute atomic E-state index is 0.218. The summed E-state index contributed by atoms with van der Waals surface area (Å²) in [4.78, 5) is 0. The maximum Gasteiger partial charge on any atom is 0.100 e. The molecule has 2 N–H and O–H groups in total. The maximum atomic E-state index is 9.02. The number of ether oxygens (including phenoxy) is 2. The highest BCUT2D eigenvalue weighted by atomic mass is 16.5. The summed E-state index contributed by atoms with van der Waals surface area (Å²) in [6.45, 7) is 10.1. The standard InChI is InChI=1S/C14H28O3.C4H10O/c1-2-3-4-5-6-7-8-9-10-11-17-13-14(16)12-15;1-3-5-4-2/h2,14-16H,1,3-13H2;3-4H2,1-2H3. The molecule has 0 aromatic rings. The van der Waals surface area contributed by atoms with Crippen LogP contribution in [0.25, 0.3) is 0 Å². The minimum atomic E-state index is -0.722. The van der Waals surface area contributed by atoms with Crippen molar-refractivity contribution in [2.75, 3.05) is 33.0 Å². The molecule has 0 saturated heterocycles. The van der Waals surface area contributed by atoms with Crippen molar-refractivity contribution in [2.24, 2.45) is 0 Å². The fourth-order valence-electron chi connectivity index (χ4n) is 1.85. The van der Waals surface area contributed by atoms with E-state index in [1.54, 1.807) is 0 Å². The van der Waals surface area contributed by atoms with Crippen LogP contribution in [-0.2, 0) is 9.47 Å². The van der Waals surface area contributed by atoms with E-state index in [1.165, 1.54) is 38.5 Å². The van der Waals surface area contributed by atoms with Gasteiger partial charge in [-0.05, 0) is 33.1 Å². The topological polar surface area (TPSA) is 58.9 Å². The predicted molar refractivity (Wildman–Crippen MR) is 93.2 cm³/mol. The molecule has 1 atom stereocenters. The molecule has 0 aromatic carbocycles. The third kappa shape index (κ3) is 24.6. The van der Waals surface area contributed by atoms with Gasteiger partial charge in [0.25, 0.3) is 0 Å². The second kappa shape index (κ2) is 22.9. The molecule has 0 aliphatic rings.